The summed E-state index contributed by atoms with van der Waals surface area (Å²) in [5.41, 5.74) is 0. The average Bonchev–Trinajstić information content (AvgIpc) is 2.44. The summed E-state index contributed by atoms with van der Waals surface area (Å²) >= 11 is 4.74. The number of nitrogens with zero attached hydrogens (tertiary/aromatic N) is 1. The molecular formula is C9H11BrN2OS. The molecule has 0 atom stereocenters. The maximum absolute atomic E-state index is 11.5. The standard InChI is InChI=1S/C9H11BrN2OS/c10-7-5-11-9(14-7)12-8(13)4-6-2-1-3-6/h5-6H,1-4H2,(H,11,12,13). The predicted octanol–water partition coefficient (Wildman–Crippen LogP) is 3.03. The first kappa shape index (κ1) is 10.1. The van der Waals surface area contributed by atoms with Crippen molar-refractivity contribution in [3.8, 4) is 0 Å². The number of amides is 1. The topological polar surface area (TPSA) is 42.0 Å². The van der Waals surface area contributed by atoms with E-state index in [1.54, 1.807) is 6.20 Å². The van der Waals surface area contributed by atoms with Gasteiger partial charge in [0.05, 0.1) is 9.98 Å². The monoisotopic (exact) mass is 274 g/mol. The van der Waals surface area contributed by atoms with E-state index in [1.807, 2.05) is 0 Å². The average molecular weight is 275 g/mol. The van der Waals surface area contributed by atoms with E-state index in [9.17, 15) is 4.79 Å². The molecule has 1 aromatic heterocycles. The number of halogens is 1. The second-order valence-corrected chi connectivity index (χ2v) is 5.93. The van der Waals surface area contributed by atoms with Crippen molar-refractivity contribution in [2.24, 2.45) is 5.92 Å². The molecule has 0 saturated heterocycles. The smallest absolute Gasteiger partial charge is 0.226 e. The van der Waals surface area contributed by atoms with Crippen molar-refractivity contribution in [1.29, 1.82) is 0 Å². The van der Waals surface area contributed by atoms with Gasteiger partial charge in [-0.2, -0.15) is 0 Å². The Labute approximate surface area is 95.1 Å². The molecule has 1 saturated carbocycles. The molecule has 1 aromatic rings. The van der Waals surface area contributed by atoms with Crippen molar-refractivity contribution in [2.45, 2.75) is 25.7 Å². The normalized spacial score (nSPS) is 16.4. The van der Waals surface area contributed by atoms with E-state index in [0.717, 1.165) is 3.79 Å². The van der Waals surface area contributed by atoms with Gasteiger partial charge in [-0.05, 0) is 34.7 Å². The lowest BCUT2D eigenvalue weighted by Crippen LogP contribution is -2.20. The first-order chi connectivity index (χ1) is 6.74. The largest absolute Gasteiger partial charge is 0.302 e. The van der Waals surface area contributed by atoms with Crippen LogP contribution in [0.5, 0.6) is 0 Å². The summed E-state index contributed by atoms with van der Waals surface area (Å²) in [5, 5.41) is 3.48. The number of carbonyl (C=O) groups is 1. The van der Waals surface area contributed by atoms with Gasteiger partial charge >= 0.3 is 0 Å². The third-order valence-electron chi connectivity index (χ3n) is 2.42. The third-order valence-corrected chi connectivity index (χ3v) is 3.81. The molecule has 0 unspecified atom stereocenters. The molecule has 0 radical (unpaired) electrons. The van der Waals surface area contributed by atoms with Crippen LogP contribution in [0.2, 0.25) is 0 Å². The van der Waals surface area contributed by atoms with E-state index in [-0.39, 0.29) is 5.91 Å². The molecular weight excluding hydrogens is 264 g/mol. The number of carbonyl (C=O) groups excluding carboxylic acids is 1. The van der Waals surface area contributed by atoms with E-state index < -0.39 is 0 Å². The molecule has 1 aliphatic carbocycles. The highest BCUT2D eigenvalue weighted by atomic mass is 79.9. The second kappa shape index (κ2) is 4.40. The lowest BCUT2D eigenvalue weighted by atomic mass is 9.83. The van der Waals surface area contributed by atoms with Crippen LogP contribution in [0.15, 0.2) is 9.98 Å². The van der Waals surface area contributed by atoms with Gasteiger partial charge in [0.1, 0.15) is 0 Å². The van der Waals surface area contributed by atoms with Gasteiger partial charge in [-0.15, -0.1) is 0 Å². The fraction of sp³-hybridized carbons (Fsp3) is 0.556. The number of anilines is 1. The van der Waals surface area contributed by atoms with Gasteiger partial charge in [-0.1, -0.05) is 17.8 Å². The van der Waals surface area contributed by atoms with Crippen molar-refractivity contribution in [3.63, 3.8) is 0 Å². The molecule has 3 nitrogen and oxygen atoms in total. The molecule has 1 amide bonds. The first-order valence-electron chi connectivity index (χ1n) is 4.65. The van der Waals surface area contributed by atoms with Gasteiger partial charge < -0.3 is 5.32 Å². The number of rotatable bonds is 3. The third kappa shape index (κ3) is 2.54. The lowest BCUT2D eigenvalue weighted by molar-refractivity contribution is -0.117. The molecule has 1 N–H and O–H groups in total. The molecule has 1 aliphatic rings. The Morgan fingerprint density at radius 2 is 2.50 bits per heavy atom. The van der Waals surface area contributed by atoms with Gasteiger partial charge in [0.15, 0.2) is 5.13 Å². The molecule has 1 fully saturated rings. The van der Waals surface area contributed by atoms with Gasteiger partial charge in [0, 0.05) is 6.42 Å². The van der Waals surface area contributed by atoms with Gasteiger partial charge in [0.25, 0.3) is 0 Å². The fourth-order valence-electron chi connectivity index (χ4n) is 1.44. The zero-order chi connectivity index (χ0) is 9.97. The number of nitrogens with one attached hydrogen (secondary N) is 1. The Bertz CT molecular complexity index is 335. The summed E-state index contributed by atoms with van der Waals surface area (Å²) in [6.45, 7) is 0. The first-order valence-corrected chi connectivity index (χ1v) is 6.26. The van der Waals surface area contributed by atoms with Crippen molar-refractivity contribution in [1.82, 2.24) is 4.98 Å². The van der Waals surface area contributed by atoms with Gasteiger partial charge in [-0.25, -0.2) is 4.98 Å². The molecule has 1 heterocycles. The Balaban J connectivity index is 1.81. The van der Waals surface area contributed by atoms with Crippen LogP contribution in [0.1, 0.15) is 25.7 Å². The molecule has 76 valence electrons. The Kier molecular flexibility index (Phi) is 3.18. The number of thiazole rings is 1. The van der Waals surface area contributed by atoms with Crippen LogP contribution in [-0.4, -0.2) is 10.9 Å². The Morgan fingerprint density at radius 1 is 1.71 bits per heavy atom. The van der Waals surface area contributed by atoms with Crippen LogP contribution in [0.3, 0.4) is 0 Å². The summed E-state index contributed by atoms with van der Waals surface area (Å²) < 4.78 is 0.941. The summed E-state index contributed by atoms with van der Waals surface area (Å²) in [6.07, 6.45) is 6.03. The molecule has 14 heavy (non-hydrogen) atoms. The highest BCUT2D eigenvalue weighted by Crippen LogP contribution is 2.30. The van der Waals surface area contributed by atoms with Crippen LogP contribution in [0, 0.1) is 5.92 Å². The summed E-state index contributed by atoms with van der Waals surface area (Å²) in [4.78, 5) is 15.5. The summed E-state index contributed by atoms with van der Waals surface area (Å²) in [6, 6.07) is 0. The number of aromatic nitrogens is 1. The molecule has 5 heteroatoms. The molecule has 2 rings (SSSR count). The fourth-order valence-corrected chi connectivity index (χ4v) is 2.56. The van der Waals surface area contributed by atoms with E-state index in [0.29, 0.717) is 17.5 Å². The van der Waals surface area contributed by atoms with Crippen LogP contribution in [0.25, 0.3) is 0 Å². The molecule has 0 spiro atoms. The number of hydrogen-bond acceptors (Lipinski definition) is 3. The van der Waals surface area contributed by atoms with Crippen LogP contribution < -0.4 is 5.32 Å². The lowest BCUT2D eigenvalue weighted by Gasteiger charge is -2.24. The maximum Gasteiger partial charge on any atom is 0.226 e. The van der Waals surface area contributed by atoms with Crippen LogP contribution in [-0.2, 0) is 4.79 Å². The quantitative estimate of drug-likeness (QED) is 0.921. The summed E-state index contributed by atoms with van der Waals surface area (Å²) in [5.74, 6) is 0.704. The molecule has 0 aliphatic heterocycles. The SMILES string of the molecule is O=C(CC1CCC1)Nc1ncc(Br)s1. The van der Waals surface area contributed by atoms with Crippen molar-refractivity contribution in [3.05, 3.63) is 9.98 Å². The highest BCUT2D eigenvalue weighted by Gasteiger charge is 2.20. The highest BCUT2D eigenvalue weighted by molar-refractivity contribution is 9.11. The van der Waals surface area contributed by atoms with Crippen molar-refractivity contribution < 1.29 is 4.79 Å². The van der Waals surface area contributed by atoms with E-state index >= 15 is 0 Å². The predicted molar refractivity (Wildman–Crippen MR) is 60.4 cm³/mol. The van der Waals surface area contributed by atoms with Crippen LogP contribution >= 0.6 is 27.3 Å². The van der Waals surface area contributed by atoms with E-state index in [4.69, 9.17) is 0 Å². The second-order valence-electron chi connectivity index (χ2n) is 3.52. The zero-order valence-electron chi connectivity index (χ0n) is 7.62. The minimum atomic E-state index is 0.0940. The maximum atomic E-state index is 11.5. The van der Waals surface area contributed by atoms with Crippen molar-refractivity contribution in [2.75, 3.05) is 5.32 Å². The van der Waals surface area contributed by atoms with Gasteiger partial charge in [-0.3, -0.25) is 4.79 Å². The van der Waals surface area contributed by atoms with E-state index in [1.165, 1.54) is 30.6 Å². The summed E-state index contributed by atoms with van der Waals surface area (Å²) in [7, 11) is 0. The number of hydrogen-bond donors (Lipinski definition) is 1. The zero-order valence-corrected chi connectivity index (χ0v) is 10.0. The van der Waals surface area contributed by atoms with Crippen LogP contribution in [0.4, 0.5) is 5.13 Å². The van der Waals surface area contributed by atoms with Crippen molar-refractivity contribution >= 4 is 38.3 Å². The minimum Gasteiger partial charge on any atom is -0.302 e. The molecule has 0 bridgehead atoms. The molecule has 0 aromatic carbocycles. The van der Waals surface area contributed by atoms with Gasteiger partial charge in [0.2, 0.25) is 5.91 Å². The minimum absolute atomic E-state index is 0.0940. The Hall–Kier alpha value is -0.420. The Morgan fingerprint density at radius 3 is 3.00 bits per heavy atom. The van der Waals surface area contributed by atoms with E-state index in [2.05, 4.69) is 26.2 Å².